The van der Waals surface area contributed by atoms with E-state index in [1.54, 1.807) is 0 Å². The lowest BCUT2D eigenvalue weighted by atomic mass is 10.1. The third-order valence-corrected chi connectivity index (χ3v) is 3.16. The molecule has 20 heavy (non-hydrogen) atoms. The first-order valence-electron chi connectivity index (χ1n) is 7.26. The number of ether oxygens (including phenoxy) is 1. The van der Waals surface area contributed by atoms with Gasteiger partial charge in [0.25, 0.3) is 0 Å². The fourth-order valence-corrected chi connectivity index (χ4v) is 2.06. The summed E-state index contributed by atoms with van der Waals surface area (Å²) in [6.45, 7) is 7.07. The molecule has 106 valence electrons. The molecule has 0 bridgehead atoms. The molecule has 0 amide bonds. The van der Waals surface area contributed by atoms with Gasteiger partial charge in [-0.25, -0.2) is 0 Å². The van der Waals surface area contributed by atoms with Crippen molar-refractivity contribution in [1.82, 2.24) is 0 Å². The second kappa shape index (κ2) is 6.99. The molecule has 2 rings (SSSR count). The monoisotopic (exact) mass is 269 g/mol. The van der Waals surface area contributed by atoms with Crippen LogP contribution in [0.1, 0.15) is 31.9 Å². The summed E-state index contributed by atoms with van der Waals surface area (Å²) in [6, 6.07) is 16.8. The van der Waals surface area contributed by atoms with E-state index in [4.69, 9.17) is 4.74 Å². The van der Waals surface area contributed by atoms with Crippen LogP contribution in [0.25, 0.3) is 0 Å². The zero-order valence-electron chi connectivity index (χ0n) is 12.5. The second-order valence-electron chi connectivity index (χ2n) is 5.19. The maximum atomic E-state index is 5.81. The Balaban J connectivity index is 2.02. The van der Waals surface area contributed by atoms with Gasteiger partial charge in [0.1, 0.15) is 5.75 Å². The van der Waals surface area contributed by atoms with Gasteiger partial charge in [0.2, 0.25) is 0 Å². The molecule has 2 nitrogen and oxygen atoms in total. The lowest BCUT2D eigenvalue weighted by Crippen LogP contribution is -2.08. The Hall–Kier alpha value is -1.96. The van der Waals surface area contributed by atoms with Gasteiger partial charge in [-0.1, -0.05) is 43.3 Å². The molecule has 0 aromatic heterocycles. The van der Waals surface area contributed by atoms with Gasteiger partial charge in [-0.2, -0.15) is 0 Å². The minimum Gasteiger partial charge on any atom is -0.489 e. The van der Waals surface area contributed by atoms with Gasteiger partial charge in [-0.15, -0.1) is 0 Å². The van der Waals surface area contributed by atoms with Crippen LogP contribution in [0, 0.1) is 0 Å². The summed E-state index contributed by atoms with van der Waals surface area (Å²) >= 11 is 0. The normalized spacial score (nSPS) is 10.6. The van der Waals surface area contributed by atoms with Crippen molar-refractivity contribution in [1.29, 1.82) is 0 Å². The number of hydrogen-bond donors (Lipinski definition) is 1. The summed E-state index contributed by atoms with van der Waals surface area (Å²) in [6.07, 6.45) is 1.26. The molecule has 0 saturated heterocycles. The van der Waals surface area contributed by atoms with Crippen molar-refractivity contribution in [3.8, 4) is 5.75 Å². The molecule has 1 N–H and O–H groups in total. The predicted octanol–water partition coefficient (Wildman–Crippen LogP) is 4.65. The molecule has 0 radical (unpaired) electrons. The Bertz CT molecular complexity index is 531. The molecule has 0 aliphatic carbocycles. The third-order valence-electron chi connectivity index (χ3n) is 3.16. The zero-order valence-corrected chi connectivity index (χ0v) is 12.5. The average Bonchev–Trinajstić information content (AvgIpc) is 2.46. The van der Waals surface area contributed by atoms with Crippen LogP contribution in [0.3, 0.4) is 0 Å². The van der Waals surface area contributed by atoms with E-state index in [2.05, 4.69) is 42.6 Å². The highest BCUT2D eigenvalue weighted by Crippen LogP contribution is 2.25. The maximum absolute atomic E-state index is 5.81. The number of benzene rings is 2. The van der Waals surface area contributed by atoms with Crippen molar-refractivity contribution in [3.05, 3.63) is 59.7 Å². The maximum Gasteiger partial charge on any atom is 0.142 e. The highest BCUT2D eigenvalue weighted by molar-refractivity contribution is 5.56. The van der Waals surface area contributed by atoms with E-state index in [1.807, 2.05) is 32.0 Å². The number of nitrogens with one attached hydrogen (secondary N) is 1. The van der Waals surface area contributed by atoms with Crippen molar-refractivity contribution in [2.24, 2.45) is 0 Å². The largest absolute Gasteiger partial charge is 0.489 e. The topological polar surface area (TPSA) is 21.3 Å². The van der Waals surface area contributed by atoms with Crippen molar-refractivity contribution in [2.45, 2.75) is 39.8 Å². The lowest BCUT2D eigenvalue weighted by molar-refractivity contribution is 0.243. The fourth-order valence-electron chi connectivity index (χ4n) is 2.06. The van der Waals surface area contributed by atoms with E-state index in [9.17, 15) is 0 Å². The fraction of sp³-hybridized carbons (Fsp3) is 0.333. The number of anilines is 1. The molecule has 2 aromatic rings. The quantitative estimate of drug-likeness (QED) is 0.824. The van der Waals surface area contributed by atoms with Gasteiger partial charge in [0.05, 0.1) is 11.8 Å². The van der Waals surface area contributed by atoms with Crippen molar-refractivity contribution < 1.29 is 4.74 Å². The Morgan fingerprint density at radius 2 is 1.60 bits per heavy atom. The van der Waals surface area contributed by atoms with E-state index in [-0.39, 0.29) is 6.10 Å². The molecular formula is C18H23NO. The summed E-state index contributed by atoms with van der Waals surface area (Å²) < 4.78 is 5.81. The Kier molecular flexibility index (Phi) is 5.05. The van der Waals surface area contributed by atoms with Crippen LogP contribution in [0.15, 0.2) is 48.5 Å². The highest BCUT2D eigenvalue weighted by Gasteiger charge is 2.04. The third kappa shape index (κ3) is 4.02. The van der Waals surface area contributed by atoms with E-state index >= 15 is 0 Å². The van der Waals surface area contributed by atoms with Crippen LogP contribution in [-0.2, 0) is 13.0 Å². The van der Waals surface area contributed by atoms with Gasteiger partial charge in [-0.05, 0) is 43.5 Å². The standard InChI is InChI=1S/C18H23NO/c1-4-15-9-11-16(12-10-15)13-19-17-7-5-6-8-18(17)20-14(2)3/h5-12,14,19H,4,13H2,1-3H3. The molecule has 0 heterocycles. The smallest absolute Gasteiger partial charge is 0.142 e. The number of aryl methyl sites for hydroxylation is 1. The summed E-state index contributed by atoms with van der Waals surface area (Å²) in [4.78, 5) is 0. The minimum absolute atomic E-state index is 0.182. The summed E-state index contributed by atoms with van der Waals surface area (Å²) in [5.41, 5.74) is 3.69. The number of para-hydroxylation sites is 2. The van der Waals surface area contributed by atoms with Crippen LogP contribution >= 0.6 is 0 Å². The Labute approximate surface area is 121 Å². The molecular weight excluding hydrogens is 246 g/mol. The van der Waals surface area contributed by atoms with Crippen LogP contribution in [0.4, 0.5) is 5.69 Å². The van der Waals surface area contributed by atoms with Gasteiger partial charge >= 0.3 is 0 Å². The predicted molar refractivity (Wildman–Crippen MR) is 85.4 cm³/mol. The van der Waals surface area contributed by atoms with E-state index in [1.165, 1.54) is 11.1 Å². The van der Waals surface area contributed by atoms with E-state index in [0.29, 0.717) is 0 Å². The molecule has 0 atom stereocenters. The molecule has 0 fully saturated rings. The average molecular weight is 269 g/mol. The van der Waals surface area contributed by atoms with Gasteiger partial charge in [-0.3, -0.25) is 0 Å². The first kappa shape index (κ1) is 14.4. The highest BCUT2D eigenvalue weighted by atomic mass is 16.5. The molecule has 2 aromatic carbocycles. The van der Waals surface area contributed by atoms with E-state index < -0.39 is 0 Å². The first-order chi connectivity index (χ1) is 9.69. The first-order valence-corrected chi connectivity index (χ1v) is 7.26. The van der Waals surface area contributed by atoms with Crippen LogP contribution in [0.5, 0.6) is 5.75 Å². The molecule has 2 heteroatoms. The molecule has 0 spiro atoms. The molecule has 0 aliphatic rings. The zero-order chi connectivity index (χ0) is 14.4. The molecule has 0 aliphatic heterocycles. The second-order valence-corrected chi connectivity index (χ2v) is 5.19. The van der Waals surface area contributed by atoms with Gasteiger partial charge in [0.15, 0.2) is 0 Å². The Morgan fingerprint density at radius 1 is 0.950 bits per heavy atom. The van der Waals surface area contributed by atoms with Gasteiger partial charge in [0, 0.05) is 6.54 Å². The molecule has 0 saturated carbocycles. The number of hydrogen-bond acceptors (Lipinski definition) is 2. The SMILES string of the molecule is CCc1ccc(CNc2ccccc2OC(C)C)cc1. The summed E-state index contributed by atoms with van der Waals surface area (Å²) in [5.74, 6) is 0.910. The summed E-state index contributed by atoms with van der Waals surface area (Å²) in [7, 11) is 0. The van der Waals surface area contributed by atoms with E-state index in [0.717, 1.165) is 24.4 Å². The number of rotatable bonds is 6. The van der Waals surface area contributed by atoms with Crippen LogP contribution in [-0.4, -0.2) is 6.10 Å². The van der Waals surface area contributed by atoms with Crippen molar-refractivity contribution in [2.75, 3.05) is 5.32 Å². The van der Waals surface area contributed by atoms with Crippen molar-refractivity contribution in [3.63, 3.8) is 0 Å². The Morgan fingerprint density at radius 3 is 2.25 bits per heavy atom. The molecule has 0 unspecified atom stereocenters. The minimum atomic E-state index is 0.182. The van der Waals surface area contributed by atoms with Crippen molar-refractivity contribution >= 4 is 5.69 Å². The summed E-state index contributed by atoms with van der Waals surface area (Å²) in [5, 5.41) is 3.45. The lowest BCUT2D eigenvalue weighted by Gasteiger charge is -2.15. The van der Waals surface area contributed by atoms with Gasteiger partial charge < -0.3 is 10.1 Å². The van der Waals surface area contributed by atoms with Crippen LogP contribution < -0.4 is 10.1 Å². The van der Waals surface area contributed by atoms with Crippen LogP contribution in [0.2, 0.25) is 0 Å².